The summed E-state index contributed by atoms with van der Waals surface area (Å²) in [7, 11) is -5.85. The zero-order valence-corrected chi connectivity index (χ0v) is 17.6. The number of benzene rings is 3. The molecule has 9 heteroatoms. The maximum Gasteiger partial charge on any atom is 0.534 e. The minimum Gasteiger partial charge on any atom is -0.375 e. The Labute approximate surface area is 182 Å². The maximum absolute atomic E-state index is 13.0. The van der Waals surface area contributed by atoms with Crippen LogP contribution in [0.5, 0.6) is 5.75 Å². The van der Waals surface area contributed by atoms with E-state index in [0.29, 0.717) is 11.4 Å². The lowest BCUT2D eigenvalue weighted by atomic mass is 10.1. The molecule has 32 heavy (non-hydrogen) atoms. The predicted octanol–water partition coefficient (Wildman–Crippen LogP) is 5.74. The van der Waals surface area contributed by atoms with Crippen LogP contribution in [0.3, 0.4) is 0 Å². The van der Waals surface area contributed by atoms with Crippen LogP contribution in [-0.4, -0.2) is 23.5 Å². The van der Waals surface area contributed by atoms with Gasteiger partial charge in [0.25, 0.3) is 0 Å². The Morgan fingerprint density at radius 1 is 0.844 bits per heavy atom. The van der Waals surface area contributed by atoms with Crippen LogP contribution in [0.15, 0.2) is 84.9 Å². The summed E-state index contributed by atoms with van der Waals surface area (Å²) >= 11 is 0. The van der Waals surface area contributed by atoms with E-state index in [-0.39, 0.29) is 11.4 Å². The molecule has 4 aromatic rings. The Morgan fingerprint density at radius 2 is 1.41 bits per heavy atom. The van der Waals surface area contributed by atoms with E-state index in [1.807, 2.05) is 67.6 Å². The fourth-order valence-electron chi connectivity index (χ4n) is 3.33. The Morgan fingerprint density at radius 3 is 2.03 bits per heavy atom. The highest BCUT2D eigenvalue weighted by Gasteiger charge is 2.49. The summed E-state index contributed by atoms with van der Waals surface area (Å²) in [6.45, 7) is 1.84. The van der Waals surface area contributed by atoms with Crippen LogP contribution in [0.25, 0.3) is 28.3 Å². The van der Waals surface area contributed by atoms with Gasteiger partial charge in [0, 0.05) is 16.9 Å². The molecule has 0 aliphatic heterocycles. The van der Waals surface area contributed by atoms with Crippen LogP contribution >= 0.6 is 0 Å². The molecule has 164 valence electrons. The largest absolute Gasteiger partial charge is 0.534 e. The van der Waals surface area contributed by atoms with E-state index in [1.165, 1.54) is 18.2 Å². The number of nitrogens with zero attached hydrogens (tertiary/aromatic N) is 2. The Bertz CT molecular complexity index is 1350. The Balaban J connectivity index is 1.96. The van der Waals surface area contributed by atoms with Crippen molar-refractivity contribution in [3.05, 3.63) is 90.6 Å². The summed E-state index contributed by atoms with van der Waals surface area (Å²) in [6.07, 6.45) is 0. The van der Waals surface area contributed by atoms with E-state index in [4.69, 9.17) is 0 Å². The van der Waals surface area contributed by atoms with Gasteiger partial charge >= 0.3 is 15.6 Å². The molecule has 4 rings (SSSR count). The van der Waals surface area contributed by atoms with Crippen LogP contribution < -0.4 is 4.18 Å². The first kappa shape index (κ1) is 21.6. The summed E-state index contributed by atoms with van der Waals surface area (Å²) in [5.74, 6) is -0.216. The molecular formula is C23H17F3N2O3S. The fraction of sp³-hybridized carbons (Fsp3) is 0.0870. The van der Waals surface area contributed by atoms with Crippen molar-refractivity contribution in [1.29, 1.82) is 0 Å². The highest BCUT2D eigenvalue weighted by Crippen LogP contribution is 2.37. The molecule has 0 fully saturated rings. The lowest BCUT2D eigenvalue weighted by Gasteiger charge is -2.14. The van der Waals surface area contributed by atoms with Crippen molar-refractivity contribution >= 4 is 10.1 Å². The average molecular weight is 458 g/mol. The van der Waals surface area contributed by atoms with E-state index in [1.54, 1.807) is 10.6 Å². The smallest absolute Gasteiger partial charge is 0.375 e. The van der Waals surface area contributed by atoms with E-state index in [0.717, 1.165) is 11.3 Å². The van der Waals surface area contributed by atoms with Crippen LogP contribution in [-0.2, 0) is 10.1 Å². The highest BCUT2D eigenvalue weighted by atomic mass is 32.2. The molecule has 0 saturated heterocycles. The molecular weight excluding hydrogens is 441 g/mol. The second-order valence-electron chi connectivity index (χ2n) is 6.89. The topological polar surface area (TPSA) is 61.2 Å². The first-order chi connectivity index (χ1) is 15.2. The van der Waals surface area contributed by atoms with Gasteiger partial charge in [-0.2, -0.15) is 21.6 Å². The van der Waals surface area contributed by atoms with Crippen LogP contribution in [0.1, 0.15) is 5.69 Å². The second-order valence-corrected chi connectivity index (χ2v) is 8.42. The number of alkyl halides is 3. The molecule has 5 nitrogen and oxygen atoms in total. The number of rotatable bonds is 5. The van der Waals surface area contributed by atoms with Gasteiger partial charge in [-0.3, -0.25) is 4.57 Å². The number of imidazole rings is 1. The fourth-order valence-corrected chi connectivity index (χ4v) is 3.81. The van der Waals surface area contributed by atoms with Crippen molar-refractivity contribution in [3.63, 3.8) is 0 Å². The van der Waals surface area contributed by atoms with Crippen molar-refractivity contribution in [2.45, 2.75) is 12.4 Å². The first-order valence-corrected chi connectivity index (χ1v) is 10.9. The molecule has 0 saturated carbocycles. The van der Waals surface area contributed by atoms with Crippen molar-refractivity contribution in [2.75, 3.05) is 0 Å². The summed E-state index contributed by atoms with van der Waals surface area (Å²) in [5.41, 5.74) is -2.59. The van der Waals surface area contributed by atoms with Gasteiger partial charge in [-0.1, -0.05) is 60.7 Å². The number of aromatic nitrogens is 2. The quantitative estimate of drug-likeness (QED) is 0.283. The molecule has 0 aliphatic carbocycles. The van der Waals surface area contributed by atoms with Crippen molar-refractivity contribution in [1.82, 2.24) is 9.55 Å². The third kappa shape index (κ3) is 3.99. The Hall–Kier alpha value is -3.59. The van der Waals surface area contributed by atoms with Crippen LogP contribution in [0.4, 0.5) is 13.2 Å². The van der Waals surface area contributed by atoms with Gasteiger partial charge in [-0.05, 0) is 31.2 Å². The second kappa shape index (κ2) is 8.16. The first-order valence-electron chi connectivity index (χ1n) is 9.49. The summed E-state index contributed by atoms with van der Waals surface area (Å²) in [6, 6.07) is 24.0. The predicted molar refractivity (Wildman–Crippen MR) is 115 cm³/mol. The van der Waals surface area contributed by atoms with Gasteiger partial charge in [0.1, 0.15) is 5.82 Å². The average Bonchev–Trinajstić information content (AvgIpc) is 3.11. The molecule has 0 spiro atoms. The minimum absolute atomic E-state index is 0.106. The number of para-hydroxylation sites is 2. The van der Waals surface area contributed by atoms with Crippen LogP contribution in [0.2, 0.25) is 0 Å². The van der Waals surface area contributed by atoms with Gasteiger partial charge in [0.15, 0.2) is 5.75 Å². The molecule has 0 amide bonds. The highest BCUT2D eigenvalue weighted by molar-refractivity contribution is 7.88. The molecule has 1 aromatic heterocycles. The van der Waals surface area contributed by atoms with Crippen molar-refractivity contribution < 1.29 is 25.8 Å². The lowest BCUT2D eigenvalue weighted by molar-refractivity contribution is -0.0499. The monoisotopic (exact) mass is 458 g/mol. The van der Waals surface area contributed by atoms with Crippen LogP contribution in [0, 0.1) is 6.92 Å². The molecule has 0 atom stereocenters. The zero-order chi connectivity index (χ0) is 22.9. The number of hydrogen-bond acceptors (Lipinski definition) is 4. The van der Waals surface area contributed by atoms with E-state index in [2.05, 4.69) is 9.17 Å². The van der Waals surface area contributed by atoms with E-state index < -0.39 is 21.4 Å². The van der Waals surface area contributed by atoms with Crippen molar-refractivity contribution in [2.24, 2.45) is 0 Å². The van der Waals surface area contributed by atoms with Gasteiger partial charge < -0.3 is 4.18 Å². The molecule has 1 heterocycles. The van der Waals surface area contributed by atoms with Crippen molar-refractivity contribution in [3.8, 4) is 34.1 Å². The Kier molecular flexibility index (Phi) is 5.52. The third-order valence-corrected chi connectivity index (χ3v) is 5.75. The molecule has 0 bridgehead atoms. The van der Waals surface area contributed by atoms with Gasteiger partial charge in [0.2, 0.25) is 0 Å². The van der Waals surface area contributed by atoms with E-state index >= 15 is 0 Å². The summed E-state index contributed by atoms with van der Waals surface area (Å²) < 4.78 is 68.5. The standard InChI is InChI=1S/C23H17F3N2O3S/c1-16-21(17-10-4-2-5-11-17)27-22(28(16)18-12-6-3-7-13-18)19-14-8-9-15-20(19)31-32(29,30)23(24,25)26/h2-15H,1H3. The maximum atomic E-state index is 13.0. The SMILES string of the molecule is Cc1c(-c2ccccc2)nc(-c2ccccc2OS(=O)(=O)C(F)(F)F)n1-c1ccccc1. The molecule has 3 aromatic carbocycles. The van der Waals surface area contributed by atoms with Gasteiger partial charge in [-0.25, -0.2) is 4.98 Å². The molecule has 0 aliphatic rings. The summed E-state index contributed by atoms with van der Waals surface area (Å²) in [5, 5.41) is 0. The van der Waals surface area contributed by atoms with E-state index in [9.17, 15) is 21.6 Å². The minimum atomic E-state index is -5.85. The molecule has 0 radical (unpaired) electrons. The van der Waals surface area contributed by atoms with Gasteiger partial charge in [0.05, 0.1) is 11.3 Å². The zero-order valence-electron chi connectivity index (χ0n) is 16.7. The molecule has 0 unspecified atom stereocenters. The third-order valence-electron chi connectivity index (χ3n) is 4.78. The lowest BCUT2D eigenvalue weighted by Crippen LogP contribution is -2.28. The van der Waals surface area contributed by atoms with Gasteiger partial charge in [-0.15, -0.1) is 0 Å². The molecule has 0 N–H and O–H groups in total. The summed E-state index contributed by atoms with van der Waals surface area (Å²) in [4.78, 5) is 4.69. The number of hydrogen-bond donors (Lipinski definition) is 0. The normalized spacial score (nSPS) is 12.0. The number of halogens is 3.